The first-order valence-electron chi connectivity index (χ1n) is 8.62. The fraction of sp³-hybridized carbons (Fsp3) is 0.667. The van der Waals surface area contributed by atoms with E-state index in [4.69, 9.17) is 10.5 Å². The van der Waals surface area contributed by atoms with Crippen molar-refractivity contribution in [2.45, 2.75) is 64.2 Å². The molecule has 0 atom stereocenters. The second-order valence-electron chi connectivity index (χ2n) is 5.87. The second kappa shape index (κ2) is 12.2. The molecule has 1 aromatic carbocycles. The van der Waals surface area contributed by atoms with Crippen LogP contribution in [0.4, 0.5) is 13.2 Å². The SMILES string of the molecule is NCCCCCCCCCCCCOc1cc(F)c(F)c(F)c1. The first-order valence-corrected chi connectivity index (χ1v) is 8.62. The van der Waals surface area contributed by atoms with E-state index >= 15 is 0 Å². The second-order valence-corrected chi connectivity index (χ2v) is 5.87. The van der Waals surface area contributed by atoms with Gasteiger partial charge < -0.3 is 10.5 Å². The van der Waals surface area contributed by atoms with Gasteiger partial charge in [-0.1, -0.05) is 51.4 Å². The third-order valence-electron chi connectivity index (χ3n) is 3.82. The molecule has 0 fully saturated rings. The molecule has 1 aromatic rings. The molecule has 0 amide bonds. The topological polar surface area (TPSA) is 35.2 Å². The van der Waals surface area contributed by atoms with Crippen molar-refractivity contribution in [1.82, 2.24) is 0 Å². The van der Waals surface area contributed by atoms with Crippen LogP contribution in [0.2, 0.25) is 0 Å². The summed E-state index contributed by atoms with van der Waals surface area (Å²) in [5.41, 5.74) is 5.44. The van der Waals surface area contributed by atoms with Crippen LogP contribution in [-0.4, -0.2) is 13.2 Å². The fourth-order valence-corrected chi connectivity index (χ4v) is 2.47. The van der Waals surface area contributed by atoms with Crippen LogP contribution in [-0.2, 0) is 0 Å². The number of benzene rings is 1. The lowest BCUT2D eigenvalue weighted by atomic mass is 10.1. The number of unbranched alkanes of at least 4 members (excludes halogenated alkanes) is 9. The third-order valence-corrected chi connectivity index (χ3v) is 3.82. The van der Waals surface area contributed by atoms with Crippen LogP contribution in [0.15, 0.2) is 12.1 Å². The number of halogens is 3. The maximum absolute atomic E-state index is 13.0. The minimum Gasteiger partial charge on any atom is -0.493 e. The van der Waals surface area contributed by atoms with E-state index < -0.39 is 17.5 Å². The molecule has 1 rings (SSSR count). The van der Waals surface area contributed by atoms with E-state index in [1.807, 2.05) is 0 Å². The van der Waals surface area contributed by atoms with Gasteiger partial charge in [0.15, 0.2) is 17.5 Å². The summed E-state index contributed by atoms with van der Waals surface area (Å²) in [6.07, 6.45) is 11.6. The number of rotatable bonds is 13. The highest BCUT2D eigenvalue weighted by atomic mass is 19.2. The highest BCUT2D eigenvalue weighted by Crippen LogP contribution is 2.19. The van der Waals surface area contributed by atoms with Gasteiger partial charge in [-0.3, -0.25) is 0 Å². The molecule has 0 bridgehead atoms. The summed E-state index contributed by atoms with van der Waals surface area (Å²) in [6.45, 7) is 1.18. The molecule has 2 nitrogen and oxygen atoms in total. The zero-order valence-electron chi connectivity index (χ0n) is 13.8. The smallest absolute Gasteiger partial charge is 0.194 e. The molecule has 0 unspecified atom stereocenters. The van der Waals surface area contributed by atoms with Crippen LogP contribution in [0.3, 0.4) is 0 Å². The molecule has 0 radical (unpaired) electrons. The van der Waals surface area contributed by atoms with Crippen molar-refractivity contribution < 1.29 is 17.9 Å². The van der Waals surface area contributed by atoms with Crippen molar-refractivity contribution in [2.24, 2.45) is 5.73 Å². The Kier molecular flexibility index (Phi) is 10.5. The Morgan fingerprint density at radius 2 is 1.13 bits per heavy atom. The monoisotopic (exact) mass is 331 g/mol. The van der Waals surface area contributed by atoms with Crippen LogP contribution in [0, 0.1) is 17.5 Å². The maximum Gasteiger partial charge on any atom is 0.194 e. The standard InChI is InChI=1S/C18H28F3NO/c19-16-13-15(14-17(20)18(16)21)23-12-10-8-6-4-2-1-3-5-7-9-11-22/h13-14H,1-12,22H2. The summed E-state index contributed by atoms with van der Waals surface area (Å²) in [7, 11) is 0. The number of nitrogens with two attached hydrogens (primary N) is 1. The van der Waals surface area contributed by atoms with Crippen LogP contribution in [0.5, 0.6) is 5.75 Å². The van der Waals surface area contributed by atoms with E-state index in [1.54, 1.807) is 0 Å². The molecule has 0 aliphatic carbocycles. The molecular weight excluding hydrogens is 303 g/mol. The van der Waals surface area contributed by atoms with Crippen molar-refractivity contribution in [3.8, 4) is 5.75 Å². The highest BCUT2D eigenvalue weighted by Gasteiger charge is 2.10. The van der Waals surface area contributed by atoms with E-state index in [1.165, 1.54) is 38.5 Å². The number of hydrogen-bond donors (Lipinski definition) is 1. The molecule has 23 heavy (non-hydrogen) atoms. The van der Waals surface area contributed by atoms with Crippen molar-refractivity contribution in [1.29, 1.82) is 0 Å². The van der Waals surface area contributed by atoms with Gasteiger partial charge in [0.25, 0.3) is 0 Å². The van der Waals surface area contributed by atoms with E-state index in [9.17, 15) is 13.2 Å². The van der Waals surface area contributed by atoms with Gasteiger partial charge >= 0.3 is 0 Å². The van der Waals surface area contributed by atoms with E-state index in [0.29, 0.717) is 6.61 Å². The normalized spacial score (nSPS) is 11.0. The molecule has 5 heteroatoms. The van der Waals surface area contributed by atoms with E-state index in [2.05, 4.69) is 0 Å². The van der Waals surface area contributed by atoms with Gasteiger partial charge in [-0.25, -0.2) is 13.2 Å². The van der Waals surface area contributed by atoms with Gasteiger partial charge in [-0.05, 0) is 19.4 Å². The van der Waals surface area contributed by atoms with E-state index in [-0.39, 0.29) is 5.75 Å². The predicted molar refractivity (Wildman–Crippen MR) is 87.0 cm³/mol. The summed E-state index contributed by atoms with van der Waals surface area (Å²) in [6, 6.07) is 1.76. The summed E-state index contributed by atoms with van der Waals surface area (Å²) in [5.74, 6) is -3.85. The Hall–Kier alpha value is -1.23. The first kappa shape index (κ1) is 19.8. The quantitative estimate of drug-likeness (QED) is 0.391. The van der Waals surface area contributed by atoms with E-state index in [0.717, 1.165) is 44.4 Å². The van der Waals surface area contributed by atoms with Crippen molar-refractivity contribution >= 4 is 0 Å². The lowest BCUT2D eigenvalue weighted by Gasteiger charge is -2.07. The fourth-order valence-electron chi connectivity index (χ4n) is 2.47. The third kappa shape index (κ3) is 8.84. The zero-order chi connectivity index (χ0) is 16.9. The van der Waals surface area contributed by atoms with Gasteiger partial charge in [-0.2, -0.15) is 0 Å². The molecule has 0 heterocycles. The molecule has 0 saturated carbocycles. The minimum atomic E-state index is -1.46. The van der Waals surface area contributed by atoms with Gasteiger partial charge in [0.1, 0.15) is 5.75 Å². The Morgan fingerprint density at radius 3 is 1.61 bits per heavy atom. The zero-order valence-corrected chi connectivity index (χ0v) is 13.8. The van der Waals surface area contributed by atoms with Gasteiger partial charge in [0, 0.05) is 12.1 Å². The van der Waals surface area contributed by atoms with Gasteiger partial charge in [-0.15, -0.1) is 0 Å². The average molecular weight is 331 g/mol. The molecule has 0 saturated heterocycles. The largest absolute Gasteiger partial charge is 0.493 e. The Morgan fingerprint density at radius 1 is 0.696 bits per heavy atom. The molecule has 0 aliphatic rings. The Balaban J connectivity index is 1.96. The molecule has 0 aliphatic heterocycles. The summed E-state index contributed by atoms with van der Waals surface area (Å²) in [5, 5.41) is 0. The summed E-state index contributed by atoms with van der Waals surface area (Å²) >= 11 is 0. The van der Waals surface area contributed by atoms with Crippen molar-refractivity contribution in [3.05, 3.63) is 29.6 Å². The lowest BCUT2D eigenvalue weighted by Crippen LogP contribution is -2.00. The summed E-state index contributed by atoms with van der Waals surface area (Å²) in [4.78, 5) is 0. The predicted octanol–water partition coefficient (Wildman–Crippen LogP) is 5.34. The maximum atomic E-state index is 13.0. The molecule has 2 N–H and O–H groups in total. The first-order chi connectivity index (χ1) is 11.1. The lowest BCUT2D eigenvalue weighted by molar-refractivity contribution is 0.298. The molecule has 0 spiro atoms. The van der Waals surface area contributed by atoms with Gasteiger partial charge in [0.05, 0.1) is 6.61 Å². The van der Waals surface area contributed by atoms with Crippen molar-refractivity contribution in [2.75, 3.05) is 13.2 Å². The van der Waals surface area contributed by atoms with Gasteiger partial charge in [0.2, 0.25) is 0 Å². The highest BCUT2D eigenvalue weighted by molar-refractivity contribution is 5.24. The molecular formula is C18H28F3NO. The number of ether oxygens (including phenoxy) is 1. The van der Waals surface area contributed by atoms with Crippen molar-refractivity contribution in [3.63, 3.8) is 0 Å². The average Bonchev–Trinajstić information content (AvgIpc) is 2.53. The number of hydrogen-bond acceptors (Lipinski definition) is 2. The van der Waals surface area contributed by atoms with Crippen LogP contribution >= 0.6 is 0 Å². The minimum absolute atomic E-state index is 0.0406. The van der Waals surface area contributed by atoms with Crippen LogP contribution in [0.25, 0.3) is 0 Å². The molecule has 0 aromatic heterocycles. The van der Waals surface area contributed by atoms with Crippen LogP contribution < -0.4 is 10.5 Å². The summed E-state index contributed by atoms with van der Waals surface area (Å²) < 4.78 is 44.0. The van der Waals surface area contributed by atoms with Crippen LogP contribution in [0.1, 0.15) is 64.2 Å². The Labute approximate surface area is 137 Å². The Bertz CT molecular complexity index is 417. The molecule has 132 valence electrons.